The van der Waals surface area contributed by atoms with Gasteiger partial charge in [-0.3, -0.25) is 9.36 Å². The number of ether oxygens (including phenoxy) is 2. The lowest BCUT2D eigenvalue weighted by molar-refractivity contribution is -0.137. The molecule has 1 aromatic heterocycles. The number of halogens is 3. The smallest absolute Gasteiger partial charge is 0.416 e. The fourth-order valence-electron chi connectivity index (χ4n) is 3.04. The molecule has 0 aliphatic rings. The molecule has 33 heavy (non-hydrogen) atoms. The third-order valence-corrected chi connectivity index (χ3v) is 5.53. The number of carbonyl (C=O) groups excluding carboxylic acids is 1. The molecule has 1 heterocycles. The molecule has 2 aromatic carbocycles. The van der Waals surface area contributed by atoms with Crippen LogP contribution in [0.15, 0.2) is 47.9 Å². The van der Waals surface area contributed by atoms with E-state index in [0.29, 0.717) is 5.16 Å². The number of benzene rings is 2. The molecule has 3 rings (SSSR count). The van der Waals surface area contributed by atoms with Crippen molar-refractivity contribution in [2.45, 2.75) is 25.2 Å². The fourth-order valence-corrected chi connectivity index (χ4v) is 3.77. The quantitative estimate of drug-likeness (QED) is 0.355. The molecule has 1 N–H and O–H groups in total. The maximum absolute atomic E-state index is 13.1. The van der Waals surface area contributed by atoms with Crippen LogP contribution in [-0.2, 0) is 15.7 Å². The summed E-state index contributed by atoms with van der Waals surface area (Å²) in [7, 11) is 1.48. The van der Waals surface area contributed by atoms with Crippen LogP contribution < -0.4 is 10.1 Å². The van der Waals surface area contributed by atoms with Crippen LogP contribution in [0.25, 0.3) is 5.69 Å². The maximum Gasteiger partial charge on any atom is 0.416 e. The first-order chi connectivity index (χ1) is 15.7. The summed E-state index contributed by atoms with van der Waals surface area (Å²) < 4.78 is 51.5. The van der Waals surface area contributed by atoms with Crippen LogP contribution in [0.4, 0.5) is 18.9 Å². The Balaban J connectivity index is 1.73. The van der Waals surface area contributed by atoms with E-state index in [-0.39, 0.29) is 30.4 Å². The van der Waals surface area contributed by atoms with Gasteiger partial charge in [0.2, 0.25) is 5.91 Å². The topological polar surface area (TPSA) is 78.3 Å². The van der Waals surface area contributed by atoms with Gasteiger partial charge in [-0.25, -0.2) is 0 Å². The summed E-state index contributed by atoms with van der Waals surface area (Å²) in [6.07, 6.45) is -3.01. The van der Waals surface area contributed by atoms with Gasteiger partial charge in [0.25, 0.3) is 0 Å². The van der Waals surface area contributed by atoms with Gasteiger partial charge in [-0.05, 0) is 43.7 Å². The van der Waals surface area contributed by atoms with E-state index < -0.39 is 17.6 Å². The van der Waals surface area contributed by atoms with Gasteiger partial charge in [-0.2, -0.15) is 13.2 Å². The Hall–Kier alpha value is -3.05. The molecular formula is C22H23F3N4O3S. The van der Waals surface area contributed by atoms with Crippen molar-refractivity contribution in [3.8, 4) is 11.4 Å². The monoisotopic (exact) mass is 480 g/mol. The zero-order valence-corrected chi connectivity index (χ0v) is 19.1. The Bertz CT molecular complexity index is 1120. The Morgan fingerprint density at radius 3 is 2.64 bits per heavy atom. The second kappa shape index (κ2) is 10.7. The van der Waals surface area contributed by atoms with Gasteiger partial charge in [-0.1, -0.05) is 29.5 Å². The largest absolute Gasteiger partial charge is 0.489 e. The highest BCUT2D eigenvalue weighted by atomic mass is 32.2. The summed E-state index contributed by atoms with van der Waals surface area (Å²) in [5.41, 5.74) is 2.05. The van der Waals surface area contributed by atoms with E-state index in [0.717, 1.165) is 40.7 Å². The van der Waals surface area contributed by atoms with E-state index in [9.17, 15) is 18.0 Å². The highest BCUT2D eigenvalue weighted by molar-refractivity contribution is 7.99. The summed E-state index contributed by atoms with van der Waals surface area (Å²) in [4.78, 5) is 12.6. The summed E-state index contributed by atoms with van der Waals surface area (Å²) in [5, 5.41) is 11.0. The van der Waals surface area contributed by atoms with E-state index >= 15 is 0 Å². The number of thioether (sulfide) groups is 1. The molecule has 0 unspecified atom stereocenters. The lowest BCUT2D eigenvalue weighted by Gasteiger charge is -2.15. The van der Waals surface area contributed by atoms with Crippen molar-refractivity contribution >= 4 is 23.4 Å². The van der Waals surface area contributed by atoms with Gasteiger partial charge in [0, 0.05) is 7.11 Å². The summed E-state index contributed by atoms with van der Waals surface area (Å²) in [6, 6.07) is 8.85. The first-order valence-corrected chi connectivity index (χ1v) is 10.9. The van der Waals surface area contributed by atoms with E-state index in [4.69, 9.17) is 9.47 Å². The number of rotatable bonds is 9. The van der Waals surface area contributed by atoms with Crippen LogP contribution in [0.5, 0.6) is 5.75 Å². The van der Waals surface area contributed by atoms with E-state index in [1.807, 2.05) is 32.0 Å². The SMILES string of the molecule is COCCOc1ccc(C(F)(F)F)cc1NC(=O)CSc1nncn1-c1ccc(C)cc1C. The van der Waals surface area contributed by atoms with Crippen molar-refractivity contribution in [3.63, 3.8) is 0 Å². The van der Waals surface area contributed by atoms with E-state index in [2.05, 4.69) is 15.5 Å². The van der Waals surface area contributed by atoms with E-state index in [1.165, 1.54) is 13.2 Å². The fraction of sp³-hybridized carbons (Fsp3) is 0.318. The predicted octanol–water partition coefficient (Wildman–Crippen LogP) is 4.66. The molecule has 0 saturated carbocycles. The Morgan fingerprint density at radius 1 is 1.15 bits per heavy atom. The molecule has 1 amide bonds. The zero-order valence-electron chi connectivity index (χ0n) is 18.3. The minimum Gasteiger partial charge on any atom is -0.489 e. The lowest BCUT2D eigenvalue weighted by atomic mass is 10.1. The molecule has 0 aliphatic heterocycles. The number of methoxy groups -OCH3 is 1. The van der Waals surface area contributed by atoms with Crippen molar-refractivity contribution in [2.24, 2.45) is 0 Å². The molecule has 7 nitrogen and oxygen atoms in total. The number of aromatic nitrogens is 3. The predicted molar refractivity (Wildman–Crippen MR) is 119 cm³/mol. The average Bonchev–Trinajstić information content (AvgIpc) is 3.21. The van der Waals surface area contributed by atoms with Gasteiger partial charge in [-0.15, -0.1) is 10.2 Å². The number of carbonyl (C=O) groups is 1. The van der Waals surface area contributed by atoms with Crippen LogP contribution in [-0.4, -0.2) is 46.7 Å². The first kappa shape index (κ1) is 24.6. The van der Waals surface area contributed by atoms with Gasteiger partial charge in [0.1, 0.15) is 18.7 Å². The molecule has 0 atom stereocenters. The molecule has 0 aliphatic carbocycles. The molecule has 3 aromatic rings. The number of nitrogens with zero attached hydrogens (tertiary/aromatic N) is 3. The Labute approximate surface area is 193 Å². The van der Waals surface area contributed by atoms with E-state index in [1.54, 1.807) is 10.9 Å². The van der Waals surface area contributed by atoms with Crippen LogP contribution >= 0.6 is 11.8 Å². The Kier molecular flexibility index (Phi) is 7.98. The number of alkyl halides is 3. The summed E-state index contributed by atoms with van der Waals surface area (Å²) in [5.74, 6) is -0.472. The van der Waals surface area contributed by atoms with Crippen LogP contribution in [0.1, 0.15) is 16.7 Å². The molecule has 0 spiro atoms. The second-order valence-corrected chi connectivity index (χ2v) is 8.10. The van der Waals surface area contributed by atoms with Crippen molar-refractivity contribution in [2.75, 3.05) is 31.4 Å². The van der Waals surface area contributed by atoms with Gasteiger partial charge in [0.15, 0.2) is 5.16 Å². The number of hydrogen-bond donors (Lipinski definition) is 1. The molecule has 0 radical (unpaired) electrons. The lowest BCUT2D eigenvalue weighted by Crippen LogP contribution is -2.17. The standard InChI is InChI=1S/C22H23F3N4O3S/c1-14-4-6-18(15(2)10-14)29-13-26-28-21(29)33-12-20(30)27-17-11-16(22(23,24)25)5-7-19(17)32-9-8-31-3/h4-7,10-11,13H,8-9,12H2,1-3H3,(H,27,30). The normalized spacial score (nSPS) is 11.5. The number of anilines is 1. The highest BCUT2D eigenvalue weighted by Gasteiger charge is 2.31. The third-order valence-electron chi connectivity index (χ3n) is 4.59. The van der Waals surface area contributed by atoms with Crippen LogP contribution in [0.2, 0.25) is 0 Å². The van der Waals surface area contributed by atoms with Crippen LogP contribution in [0.3, 0.4) is 0 Å². The van der Waals surface area contributed by atoms with Gasteiger partial charge < -0.3 is 14.8 Å². The number of hydrogen-bond acceptors (Lipinski definition) is 6. The molecule has 0 fully saturated rings. The highest BCUT2D eigenvalue weighted by Crippen LogP contribution is 2.35. The zero-order chi connectivity index (χ0) is 24.0. The molecule has 0 saturated heterocycles. The summed E-state index contributed by atoms with van der Waals surface area (Å²) >= 11 is 1.12. The minimum absolute atomic E-state index is 0.0672. The number of amides is 1. The molecule has 176 valence electrons. The minimum atomic E-state index is -4.55. The van der Waals surface area contributed by atoms with Gasteiger partial charge >= 0.3 is 6.18 Å². The van der Waals surface area contributed by atoms with Crippen LogP contribution in [0, 0.1) is 13.8 Å². The first-order valence-electron chi connectivity index (χ1n) is 9.92. The van der Waals surface area contributed by atoms with Crippen molar-refractivity contribution in [3.05, 3.63) is 59.4 Å². The molecule has 11 heteroatoms. The molecule has 0 bridgehead atoms. The summed E-state index contributed by atoms with van der Waals surface area (Å²) in [6.45, 7) is 4.32. The van der Waals surface area contributed by atoms with Crippen molar-refractivity contribution in [1.82, 2.24) is 14.8 Å². The maximum atomic E-state index is 13.1. The van der Waals surface area contributed by atoms with Crippen molar-refractivity contribution in [1.29, 1.82) is 0 Å². The number of nitrogens with one attached hydrogen (secondary N) is 1. The molecular weight excluding hydrogens is 457 g/mol. The third kappa shape index (κ3) is 6.48. The second-order valence-electron chi connectivity index (χ2n) is 7.16. The average molecular weight is 481 g/mol. The van der Waals surface area contributed by atoms with Crippen molar-refractivity contribution < 1.29 is 27.4 Å². The van der Waals surface area contributed by atoms with Gasteiger partial charge in [0.05, 0.1) is 29.3 Å². The Morgan fingerprint density at radius 2 is 1.94 bits per heavy atom. The number of aryl methyl sites for hydroxylation is 2.